The van der Waals surface area contributed by atoms with E-state index in [2.05, 4.69) is 21.2 Å². The van der Waals surface area contributed by atoms with Crippen molar-refractivity contribution >= 4 is 27.5 Å². The summed E-state index contributed by atoms with van der Waals surface area (Å²) >= 11 is 3.37. The van der Waals surface area contributed by atoms with Crippen molar-refractivity contribution in [1.82, 2.24) is 0 Å². The predicted octanol–water partition coefficient (Wildman–Crippen LogP) is 3.91. The van der Waals surface area contributed by atoms with Gasteiger partial charge in [0.2, 0.25) is 0 Å². The summed E-state index contributed by atoms with van der Waals surface area (Å²) in [6.07, 6.45) is 0. The number of carbonyl (C=O) groups is 1. The number of anilines is 1. The van der Waals surface area contributed by atoms with Crippen LogP contribution >= 0.6 is 15.9 Å². The Morgan fingerprint density at radius 2 is 2.00 bits per heavy atom. The van der Waals surface area contributed by atoms with Crippen molar-refractivity contribution in [3.05, 3.63) is 51.9 Å². The van der Waals surface area contributed by atoms with Crippen molar-refractivity contribution in [1.29, 1.82) is 0 Å². The van der Waals surface area contributed by atoms with E-state index >= 15 is 0 Å². The molecule has 0 radical (unpaired) electrons. The van der Waals surface area contributed by atoms with Crippen LogP contribution in [0.5, 0.6) is 0 Å². The summed E-state index contributed by atoms with van der Waals surface area (Å²) in [6.45, 7) is 3.75. The van der Waals surface area contributed by atoms with Crippen LogP contribution in [0.15, 0.2) is 39.2 Å². The van der Waals surface area contributed by atoms with Gasteiger partial charge in [0.15, 0.2) is 5.76 Å². The van der Waals surface area contributed by atoms with Crippen molar-refractivity contribution in [2.75, 3.05) is 5.32 Å². The van der Waals surface area contributed by atoms with Gasteiger partial charge in [-0.2, -0.15) is 0 Å². The monoisotopic (exact) mass is 293 g/mol. The highest BCUT2D eigenvalue weighted by atomic mass is 79.9. The molecule has 0 aliphatic carbocycles. The van der Waals surface area contributed by atoms with Crippen LogP contribution in [0.3, 0.4) is 0 Å². The number of hydrogen-bond donors (Lipinski definition) is 1. The van der Waals surface area contributed by atoms with E-state index in [1.54, 1.807) is 19.1 Å². The topological polar surface area (TPSA) is 42.2 Å². The van der Waals surface area contributed by atoms with E-state index in [0.717, 1.165) is 21.5 Å². The Balaban J connectivity index is 2.21. The maximum absolute atomic E-state index is 11.9. The van der Waals surface area contributed by atoms with Crippen LogP contribution in [0, 0.1) is 13.8 Å². The minimum absolute atomic E-state index is 0.237. The smallest absolute Gasteiger partial charge is 0.291 e. The van der Waals surface area contributed by atoms with Gasteiger partial charge in [-0.3, -0.25) is 4.79 Å². The fraction of sp³-hybridized carbons (Fsp3) is 0.154. The van der Waals surface area contributed by atoms with Crippen molar-refractivity contribution in [3.63, 3.8) is 0 Å². The first-order chi connectivity index (χ1) is 8.06. The molecule has 0 spiro atoms. The number of carbonyl (C=O) groups excluding carboxylic acids is 1. The maximum atomic E-state index is 11.9. The third-order valence-corrected chi connectivity index (χ3v) is 2.91. The molecule has 0 saturated heterocycles. The molecule has 1 aromatic heterocycles. The number of furan rings is 1. The average Bonchev–Trinajstić information content (AvgIpc) is 2.70. The second-order valence-corrected chi connectivity index (χ2v) is 4.74. The highest BCUT2D eigenvalue weighted by Crippen LogP contribution is 2.21. The normalized spacial score (nSPS) is 10.3. The molecule has 0 bridgehead atoms. The molecular weight excluding hydrogens is 282 g/mol. The molecule has 0 aliphatic heterocycles. The lowest BCUT2D eigenvalue weighted by Gasteiger charge is -2.07. The quantitative estimate of drug-likeness (QED) is 0.912. The van der Waals surface area contributed by atoms with Gasteiger partial charge in [-0.1, -0.05) is 22.0 Å². The summed E-state index contributed by atoms with van der Waals surface area (Å²) in [5.41, 5.74) is 1.78. The Morgan fingerprint density at radius 1 is 1.24 bits per heavy atom. The maximum Gasteiger partial charge on any atom is 0.291 e. The van der Waals surface area contributed by atoms with Gasteiger partial charge in [0.05, 0.1) is 0 Å². The summed E-state index contributed by atoms with van der Waals surface area (Å²) in [7, 11) is 0. The zero-order chi connectivity index (χ0) is 12.4. The van der Waals surface area contributed by atoms with Crippen molar-refractivity contribution in [3.8, 4) is 0 Å². The fourth-order valence-electron chi connectivity index (χ4n) is 1.47. The number of aryl methyl sites for hydroxylation is 2. The molecule has 2 aromatic rings. The number of rotatable bonds is 2. The zero-order valence-corrected chi connectivity index (χ0v) is 11.2. The van der Waals surface area contributed by atoms with Gasteiger partial charge in [-0.05, 0) is 43.7 Å². The first-order valence-electron chi connectivity index (χ1n) is 5.20. The van der Waals surface area contributed by atoms with E-state index in [0.29, 0.717) is 5.76 Å². The predicted molar refractivity (Wildman–Crippen MR) is 70.3 cm³/mol. The first kappa shape index (κ1) is 11.9. The lowest BCUT2D eigenvalue weighted by Crippen LogP contribution is -2.11. The Hall–Kier alpha value is -1.55. The van der Waals surface area contributed by atoms with Crippen LogP contribution in [0.4, 0.5) is 5.69 Å². The number of hydrogen-bond acceptors (Lipinski definition) is 2. The Kier molecular flexibility index (Phi) is 3.33. The van der Waals surface area contributed by atoms with Gasteiger partial charge in [0, 0.05) is 10.2 Å². The largest absolute Gasteiger partial charge is 0.456 e. The molecule has 0 unspecified atom stereocenters. The van der Waals surface area contributed by atoms with E-state index in [1.807, 2.05) is 25.1 Å². The molecule has 0 fully saturated rings. The lowest BCUT2D eigenvalue weighted by atomic mass is 10.2. The molecule has 4 heteroatoms. The van der Waals surface area contributed by atoms with Crippen LogP contribution < -0.4 is 5.32 Å². The highest BCUT2D eigenvalue weighted by Gasteiger charge is 2.11. The summed E-state index contributed by atoms with van der Waals surface area (Å²) in [5.74, 6) is 0.808. The van der Waals surface area contributed by atoms with Crippen LogP contribution in [0.2, 0.25) is 0 Å². The molecule has 2 rings (SSSR count). The van der Waals surface area contributed by atoms with Gasteiger partial charge in [-0.15, -0.1) is 0 Å². The van der Waals surface area contributed by atoms with Crippen LogP contribution in [-0.4, -0.2) is 5.91 Å². The second kappa shape index (κ2) is 4.75. The van der Waals surface area contributed by atoms with E-state index in [1.165, 1.54) is 0 Å². The summed E-state index contributed by atoms with van der Waals surface area (Å²) in [5, 5.41) is 2.82. The molecule has 3 nitrogen and oxygen atoms in total. The number of amides is 1. The Morgan fingerprint density at radius 3 is 2.65 bits per heavy atom. The third kappa shape index (κ3) is 2.77. The van der Waals surface area contributed by atoms with Gasteiger partial charge in [-0.25, -0.2) is 0 Å². The third-order valence-electron chi connectivity index (χ3n) is 2.41. The molecular formula is C13H12BrNO2. The molecule has 0 aliphatic rings. The molecule has 1 heterocycles. The minimum atomic E-state index is -0.237. The second-order valence-electron chi connectivity index (χ2n) is 3.82. The molecule has 88 valence electrons. The van der Waals surface area contributed by atoms with Crippen molar-refractivity contribution < 1.29 is 9.21 Å². The molecule has 1 aromatic carbocycles. The van der Waals surface area contributed by atoms with Gasteiger partial charge in [0.1, 0.15) is 5.76 Å². The molecule has 1 N–H and O–H groups in total. The van der Waals surface area contributed by atoms with Crippen molar-refractivity contribution in [2.45, 2.75) is 13.8 Å². The van der Waals surface area contributed by atoms with Crippen molar-refractivity contribution in [2.24, 2.45) is 0 Å². The average molecular weight is 294 g/mol. The van der Waals surface area contributed by atoms with Crippen LogP contribution in [0.1, 0.15) is 21.9 Å². The number of halogens is 1. The number of benzene rings is 1. The standard InChI is InChI=1S/C13H12BrNO2/c1-8-3-5-10(14)7-11(8)15-13(16)12-6-4-9(2)17-12/h3-7H,1-2H3,(H,15,16). The fourth-order valence-corrected chi connectivity index (χ4v) is 1.83. The summed E-state index contributed by atoms with van der Waals surface area (Å²) in [6, 6.07) is 9.17. The van der Waals surface area contributed by atoms with E-state index in [4.69, 9.17) is 4.42 Å². The van der Waals surface area contributed by atoms with Gasteiger partial charge < -0.3 is 9.73 Å². The SMILES string of the molecule is Cc1ccc(C(=O)Nc2cc(Br)ccc2C)o1. The highest BCUT2D eigenvalue weighted by molar-refractivity contribution is 9.10. The van der Waals surface area contributed by atoms with E-state index in [9.17, 15) is 4.79 Å². The van der Waals surface area contributed by atoms with E-state index < -0.39 is 0 Å². The molecule has 1 amide bonds. The zero-order valence-electron chi connectivity index (χ0n) is 9.58. The lowest BCUT2D eigenvalue weighted by molar-refractivity contribution is 0.0995. The number of nitrogens with one attached hydrogen (secondary N) is 1. The molecule has 0 atom stereocenters. The van der Waals surface area contributed by atoms with Gasteiger partial charge >= 0.3 is 0 Å². The minimum Gasteiger partial charge on any atom is -0.456 e. The van der Waals surface area contributed by atoms with Crippen LogP contribution in [-0.2, 0) is 0 Å². The summed E-state index contributed by atoms with van der Waals surface area (Å²) < 4.78 is 6.19. The Labute approximate surface area is 108 Å². The first-order valence-corrected chi connectivity index (χ1v) is 5.99. The van der Waals surface area contributed by atoms with Crippen LogP contribution in [0.25, 0.3) is 0 Å². The molecule has 0 saturated carbocycles. The Bertz CT molecular complexity index is 560. The summed E-state index contributed by atoms with van der Waals surface area (Å²) in [4.78, 5) is 11.9. The van der Waals surface area contributed by atoms with Gasteiger partial charge in [0.25, 0.3) is 5.91 Å². The molecule has 17 heavy (non-hydrogen) atoms. The van der Waals surface area contributed by atoms with E-state index in [-0.39, 0.29) is 5.91 Å².